The summed E-state index contributed by atoms with van der Waals surface area (Å²) in [5.74, 6) is 0. The highest BCUT2D eigenvalue weighted by Crippen LogP contribution is 2.25. The van der Waals surface area contributed by atoms with Crippen molar-refractivity contribution in [3.63, 3.8) is 0 Å². The van der Waals surface area contributed by atoms with Crippen LogP contribution in [0.1, 0.15) is 13.3 Å². The van der Waals surface area contributed by atoms with Gasteiger partial charge < -0.3 is 10.0 Å². The minimum absolute atomic E-state index is 0.199. The Bertz CT molecular complexity index is 163. The van der Waals surface area contributed by atoms with Gasteiger partial charge >= 0.3 is 6.09 Å². The van der Waals surface area contributed by atoms with Gasteiger partial charge in [0.1, 0.15) is 0 Å². The quantitative estimate of drug-likeness (QED) is 0.656. The summed E-state index contributed by atoms with van der Waals surface area (Å²) in [4.78, 5) is 12.1. The maximum Gasteiger partial charge on any atom is 0.407 e. The number of thioether (sulfide) groups is 1. The van der Waals surface area contributed by atoms with Crippen LogP contribution < -0.4 is 0 Å². The average Bonchev–Trinajstić information content (AvgIpc) is 2.30. The second-order valence-corrected chi connectivity index (χ2v) is 4.02. The van der Waals surface area contributed by atoms with Crippen LogP contribution in [-0.4, -0.2) is 40.2 Å². The molecule has 0 aromatic heterocycles. The van der Waals surface area contributed by atoms with Crippen LogP contribution in [0.4, 0.5) is 4.79 Å². The molecule has 1 N–H and O–H groups in total. The van der Waals surface area contributed by atoms with E-state index >= 15 is 0 Å². The van der Waals surface area contributed by atoms with Crippen LogP contribution in [0.3, 0.4) is 0 Å². The van der Waals surface area contributed by atoms with Crippen LogP contribution in [0.15, 0.2) is 0 Å². The summed E-state index contributed by atoms with van der Waals surface area (Å²) in [7, 11) is 0. The van der Waals surface area contributed by atoms with Gasteiger partial charge in [-0.15, -0.1) is 0 Å². The normalized spacial score (nSPS) is 30.9. The standard InChI is InChI=1S/C7H13NO2S/c1-5-3-6(11-2)4-8(5)7(9)10/h5-6H,3-4H2,1-2H3,(H,9,10)/t5-,6?/m1/s1. The molecule has 0 aromatic carbocycles. The van der Waals surface area contributed by atoms with Crippen LogP contribution in [0, 0.1) is 0 Å². The third-order valence-corrected chi connectivity index (χ3v) is 3.12. The Morgan fingerprint density at radius 2 is 2.36 bits per heavy atom. The van der Waals surface area contributed by atoms with Crippen molar-refractivity contribution in [3.05, 3.63) is 0 Å². The second-order valence-electron chi connectivity index (χ2n) is 2.88. The van der Waals surface area contributed by atoms with E-state index < -0.39 is 6.09 Å². The summed E-state index contributed by atoms with van der Waals surface area (Å²) in [6.45, 7) is 2.65. The molecule has 2 atom stereocenters. The molecule has 3 nitrogen and oxygen atoms in total. The Morgan fingerprint density at radius 3 is 2.64 bits per heavy atom. The molecule has 1 aliphatic rings. The second kappa shape index (κ2) is 3.34. The van der Waals surface area contributed by atoms with Crippen LogP contribution >= 0.6 is 11.8 Å². The molecule has 1 heterocycles. The van der Waals surface area contributed by atoms with Crippen LogP contribution in [0.2, 0.25) is 0 Å². The van der Waals surface area contributed by atoms with Gasteiger partial charge in [0.15, 0.2) is 0 Å². The van der Waals surface area contributed by atoms with Crippen molar-refractivity contribution in [1.29, 1.82) is 0 Å². The fourth-order valence-corrected chi connectivity index (χ4v) is 2.20. The summed E-state index contributed by atoms with van der Waals surface area (Å²) in [5, 5.41) is 9.21. The van der Waals surface area contributed by atoms with E-state index in [1.165, 1.54) is 4.90 Å². The molecule has 0 aliphatic carbocycles. The van der Waals surface area contributed by atoms with Crippen molar-refractivity contribution < 1.29 is 9.90 Å². The predicted octanol–water partition coefficient (Wildman–Crippen LogP) is 1.49. The van der Waals surface area contributed by atoms with E-state index in [9.17, 15) is 4.79 Å². The molecule has 0 aromatic rings. The Balaban J connectivity index is 2.51. The third-order valence-electron chi connectivity index (χ3n) is 2.12. The number of rotatable bonds is 1. The predicted molar refractivity (Wildman–Crippen MR) is 46.1 cm³/mol. The van der Waals surface area contributed by atoms with Gasteiger partial charge in [0.05, 0.1) is 0 Å². The molecule has 1 rings (SSSR count). The van der Waals surface area contributed by atoms with Gasteiger partial charge in [0.25, 0.3) is 0 Å². The smallest absolute Gasteiger partial charge is 0.407 e. The zero-order valence-corrected chi connectivity index (χ0v) is 7.60. The zero-order chi connectivity index (χ0) is 8.43. The average molecular weight is 175 g/mol. The Labute approximate surface area is 70.8 Å². The molecule has 64 valence electrons. The van der Waals surface area contributed by atoms with Gasteiger partial charge in [-0.25, -0.2) is 4.79 Å². The summed E-state index contributed by atoms with van der Waals surface area (Å²) in [6.07, 6.45) is 2.24. The summed E-state index contributed by atoms with van der Waals surface area (Å²) >= 11 is 1.75. The van der Waals surface area contributed by atoms with Gasteiger partial charge in [-0.05, 0) is 19.6 Å². The van der Waals surface area contributed by atoms with Gasteiger partial charge in [0.2, 0.25) is 0 Å². The summed E-state index contributed by atoms with van der Waals surface area (Å²) in [6, 6.07) is 0.199. The minimum Gasteiger partial charge on any atom is -0.465 e. The first-order valence-electron chi connectivity index (χ1n) is 3.67. The molecule has 0 radical (unpaired) electrons. The van der Waals surface area contributed by atoms with Crippen LogP contribution in [-0.2, 0) is 0 Å². The highest BCUT2D eigenvalue weighted by atomic mass is 32.2. The van der Waals surface area contributed by atoms with Gasteiger partial charge in [-0.2, -0.15) is 11.8 Å². The lowest BCUT2D eigenvalue weighted by Gasteiger charge is -2.16. The largest absolute Gasteiger partial charge is 0.465 e. The van der Waals surface area contributed by atoms with E-state index in [2.05, 4.69) is 0 Å². The molecular weight excluding hydrogens is 162 g/mol. The number of hydrogen-bond donors (Lipinski definition) is 1. The fourth-order valence-electron chi connectivity index (χ4n) is 1.42. The SMILES string of the molecule is CSC1C[C@@H](C)N(C(=O)O)C1. The Hall–Kier alpha value is -0.380. The van der Waals surface area contributed by atoms with E-state index in [0.717, 1.165) is 6.42 Å². The number of carboxylic acid groups (broad SMARTS) is 1. The molecule has 1 amide bonds. The summed E-state index contributed by atoms with van der Waals surface area (Å²) in [5.41, 5.74) is 0. The number of nitrogens with zero attached hydrogens (tertiary/aromatic N) is 1. The van der Waals surface area contributed by atoms with Crippen molar-refractivity contribution in [2.45, 2.75) is 24.6 Å². The van der Waals surface area contributed by atoms with Crippen molar-refractivity contribution in [3.8, 4) is 0 Å². The lowest BCUT2D eigenvalue weighted by Crippen LogP contribution is -2.32. The van der Waals surface area contributed by atoms with Gasteiger partial charge in [-0.1, -0.05) is 0 Å². The van der Waals surface area contributed by atoms with Gasteiger partial charge in [0, 0.05) is 17.8 Å². The lowest BCUT2D eigenvalue weighted by molar-refractivity contribution is 0.143. The topological polar surface area (TPSA) is 40.5 Å². The number of carbonyl (C=O) groups is 1. The maximum atomic E-state index is 10.6. The number of likely N-dealkylation sites (tertiary alicyclic amines) is 1. The molecule has 0 saturated carbocycles. The van der Waals surface area contributed by atoms with Crippen molar-refractivity contribution in [1.82, 2.24) is 4.90 Å². The highest BCUT2D eigenvalue weighted by molar-refractivity contribution is 7.99. The first-order valence-corrected chi connectivity index (χ1v) is 4.96. The monoisotopic (exact) mass is 175 g/mol. The third kappa shape index (κ3) is 1.80. The molecule has 1 unspecified atom stereocenters. The van der Waals surface area contributed by atoms with Crippen molar-refractivity contribution in [2.75, 3.05) is 12.8 Å². The number of amides is 1. The van der Waals surface area contributed by atoms with E-state index in [-0.39, 0.29) is 6.04 Å². The zero-order valence-electron chi connectivity index (χ0n) is 6.78. The molecule has 0 spiro atoms. The highest BCUT2D eigenvalue weighted by Gasteiger charge is 2.31. The van der Waals surface area contributed by atoms with Crippen molar-refractivity contribution in [2.24, 2.45) is 0 Å². The fraction of sp³-hybridized carbons (Fsp3) is 0.857. The minimum atomic E-state index is -0.783. The molecule has 0 bridgehead atoms. The lowest BCUT2D eigenvalue weighted by atomic mass is 10.2. The summed E-state index contributed by atoms with van der Waals surface area (Å²) < 4.78 is 0. The van der Waals surface area contributed by atoms with Crippen LogP contribution in [0.5, 0.6) is 0 Å². The molecule has 4 heteroatoms. The van der Waals surface area contributed by atoms with E-state index in [4.69, 9.17) is 5.11 Å². The first-order chi connectivity index (χ1) is 5.15. The van der Waals surface area contributed by atoms with E-state index in [1.807, 2.05) is 13.2 Å². The number of hydrogen-bond acceptors (Lipinski definition) is 2. The van der Waals surface area contributed by atoms with Crippen LogP contribution in [0.25, 0.3) is 0 Å². The Morgan fingerprint density at radius 1 is 1.73 bits per heavy atom. The van der Waals surface area contributed by atoms with E-state index in [0.29, 0.717) is 11.8 Å². The maximum absolute atomic E-state index is 10.6. The molecule has 1 saturated heterocycles. The van der Waals surface area contributed by atoms with E-state index in [1.54, 1.807) is 11.8 Å². The Kier molecular flexibility index (Phi) is 2.65. The molecule has 11 heavy (non-hydrogen) atoms. The molecule has 1 aliphatic heterocycles. The van der Waals surface area contributed by atoms with Crippen molar-refractivity contribution >= 4 is 17.9 Å². The molecule has 1 fully saturated rings. The first kappa shape index (κ1) is 8.71. The molecular formula is C7H13NO2S. The van der Waals surface area contributed by atoms with Gasteiger partial charge in [-0.3, -0.25) is 0 Å².